The van der Waals surface area contributed by atoms with Gasteiger partial charge in [-0.15, -0.1) is 0 Å². The zero-order chi connectivity index (χ0) is 17.3. The smallest absolute Gasteiger partial charge is 0.233 e. The molecule has 24 heavy (non-hydrogen) atoms. The minimum absolute atomic E-state index is 0.102. The average molecular weight is 345 g/mol. The standard InChI is InChI=1S/C17H17ClN4O2/c1-10(2)22-9-11(8-19)16(21-22)20-17(23)13-5-6-24-15-4-3-12(18)7-14(13)15/h3-4,7,9-10,13H,5-6H2,1-2H3,(H,20,21,23). The summed E-state index contributed by atoms with van der Waals surface area (Å²) in [6, 6.07) is 7.42. The van der Waals surface area contributed by atoms with Gasteiger partial charge in [0, 0.05) is 22.8 Å². The lowest BCUT2D eigenvalue weighted by molar-refractivity contribution is -0.118. The predicted octanol–water partition coefficient (Wildman–Crippen LogP) is 3.49. The van der Waals surface area contributed by atoms with Crippen LogP contribution < -0.4 is 10.1 Å². The van der Waals surface area contributed by atoms with E-state index < -0.39 is 0 Å². The van der Waals surface area contributed by atoms with Gasteiger partial charge in [0.15, 0.2) is 5.82 Å². The maximum atomic E-state index is 12.7. The van der Waals surface area contributed by atoms with Crippen LogP contribution >= 0.6 is 11.6 Å². The number of carbonyl (C=O) groups is 1. The number of anilines is 1. The van der Waals surface area contributed by atoms with Gasteiger partial charge in [0.1, 0.15) is 17.4 Å². The van der Waals surface area contributed by atoms with E-state index in [0.717, 1.165) is 5.56 Å². The number of rotatable bonds is 3. The molecule has 1 N–H and O–H groups in total. The number of fused-ring (bicyclic) bond motifs is 1. The third kappa shape index (κ3) is 3.08. The lowest BCUT2D eigenvalue weighted by Crippen LogP contribution is -2.27. The summed E-state index contributed by atoms with van der Waals surface area (Å²) in [5.74, 6) is 0.348. The molecule has 2 heterocycles. The van der Waals surface area contributed by atoms with Crippen molar-refractivity contribution in [2.75, 3.05) is 11.9 Å². The number of nitrogens with zero attached hydrogens (tertiary/aromatic N) is 3. The molecular weight excluding hydrogens is 328 g/mol. The van der Waals surface area contributed by atoms with E-state index in [1.165, 1.54) is 0 Å². The maximum Gasteiger partial charge on any atom is 0.233 e. The SMILES string of the molecule is CC(C)n1cc(C#N)c(NC(=O)C2CCOc3ccc(Cl)cc32)n1. The Kier molecular flexibility index (Phi) is 4.45. The summed E-state index contributed by atoms with van der Waals surface area (Å²) in [4.78, 5) is 12.7. The van der Waals surface area contributed by atoms with E-state index >= 15 is 0 Å². The predicted molar refractivity (Wildman–Crippen MR) is 90.3 cm³/mol. The number of carbonyl (C=O) groups excluding carboxylic acids is 1. The van der Waals surface area contributed by atoms with Crippen LogP contribution in [0.25, 0.3) is 0 Å². The van der Waals surface area contributed by atoms with E-state index in [2.05, 4.69) is 16.5 Å². The first-order valence-electron chi connectivity index (χ1n) is 7.72. The number of benzene rings is 1. The minimum atomic E-state index is -0.386. The number of hydrogen-bond acceptors (Lipinski definition) is 4. The largest absolute Gasteiger partial charge is 0.493 e. The Morgan fingerprint density at radius 1 is 1.54 bits per heavy atom. The molecule has 0 aliphatic carbocycles. The van der Waals surface area contributed by atoms with Gasteiger partial charge in [-0.2, -0.15) is 10.4 Å². The van der Waals surface area contributed by atoms with Crippen LogP contribution in [-0.2, 0) is 4.79 Å². The summed E-state index contributed by atoms with van der Waals surface area (Å²) in [7, 11) is 0. The molecule has 6 nitrogen and oxygen atoms in total. The number of ether oxygens (including phenoxy) is 1. The zero-order valence-corrected chi connectivity index (χ0v) is 14.2. The molecule has 7 heteroatoms. The number of amides is 1. The van der Waals surface area contributed by atoms with Gasteiger partial charge >= 0.3 is 0 Å². The van der Waals surface area contributed by atoms with E-state index in [1.54, 1.807) is 29.1 Å². The quantitative estimate of drug-likeness (QED) is 0.924. The monoisotopic (exact) mass is 344 g/mol. The van der Waals surface area contributed by atoms with Gasteiger partial charge in [0.05, 0.1) is 12.5 Å². The second-order valence-electron chi connectivity index (χ2n) is 5.94. The van der Waals surface area contributed by atoms with E-state index in [9.17, 15) is 10.1 Å². The highest BCUT2D eigenvalue weighted by molar-refractivity contribution is 6.30. The highest BCUT2D eigenvalue weighted by Crippen LogP contribution is 2.36. The molecule has 1 aliphatic rings. The third-order valence-corrected chi connectivity index (χ3v) is 4.19. The Bertz CT molecular complexity index is 822. The molecule has 1 amide bonds. The lowest BCUT2D eigenvalue weighted by atomic mass is 9.92. The van der Waals surface area contributed by atoms with Crippen molar-refractivity contribution in [3.8, 4) is 11.8 Å². The lowest BCUT2D eigenvalue weighted by Gasteiger charge is -2.25. The fourth-order valence-electron chi connectivity index (χ4n) is 2.67. The third-order valence-electron chi connectivity index (χ3n) is 3.95. The van der Waals surface area contributed by atoms with Crippen LogP contribution in [0.5, 0.6) is 5.75 Å². The van der Waals surface area contributed by atoms with Crippen LogP contribution in [0.3, 0.4) is 0 Å². The number of aromatic nitrogens is 2. The maximum absolute atomic E-state index is 12.7. The molecule has 0 spiro atoms. The Morgan fingerprint density at radius 2 is 2.33 bits per heavy atom. The van der Waals surface area contributed by atoms with Gasteiger partial charge in [-0.05, 0) is 38.5 Å². The molecule has 1 unspecified atom stereocenters. The van der Waals surface area contributed by atoms with Crippen molar-refractivity contribution in [3.05, 3.63) is 40.5 Å². The molecular formula is C17H17ClN4O2. The number of hydrogen-bond donors (Lipinski definition) is 1. The van der Waals surface area contributed by atoms with Crippen molar-refractivity contribution in [1.82, 2.24) is 9.78 Å². The molecule has 1 aromatic carbocycles. The normalized spacial score (nSPS) is 16.2. The van der Waals surface area contributed by atoms with Gasteiger partial charge < -0.3 is 10.1 Å². The number of halogens is 1. The summed E-state index contributed by atoms with van der Waals surface area (Å²) in [5.41, 5.74) is 1.10. The Morgan fingerprint density at radius 3 is 3.04 bits per heavy atom. The molecule has 1 aliphatic heterocycles. The van der Waals surface area contributed by atoms with Crippen LogP contribution in [0, 0.1) is 11.3 Å². The van der Waals surface area contributed by atoms with Gasteiger partial charge in [-0.3, -0.25) is 9.48 Å². The van der Waals surface area contributed by atoms with Crippen LogP contribution in [0.15, 0.2) is 24.4 Å². The second kappa shape index (κ2) is 6.54. The van der Waals surface area contributed by atoms with Crippen molar-refractivity contribution in [1.29, 1.82) is 5.26 Å². The summed E-state index contributed by atoms with van der Waals surface area (Å²) < 4.78 is 7.23. The second-order valence-corrected chi connectivity index (χ2v) is 6.37. The van der Waals surface area contributed by atoms with Gasteiger partial charge in [-0.1, -0.05) is 11.6 Å². The van der Waals surface area contributed by atoms with E-state index in [4.69, 9.17) is 16.3 Å². The molecule has 0 fully saturated rings. The van der Waals surface area contributed by atoms with Crippen molar-refractivity contribution >= 4 is 23.3 Å². The summed E-state index contributed by atoms with van der Waals surface area (Å²) >= 11 is 6.05. The molecule has 0 saturated heterocycles. The fourth-order valence-corrected chi connectivity index (χ4v) is 2.85. The Hall–Kier alpha value is -2.52. The van der Waals surface area contributed by atoms with Crippen molar-refractivity contribution in [2.24, 2.45) is 0 Å². The van der Waals surface area contributed by atoms with Crippen molar-refractivity contribution in [3.63, 3.8) is 0 Å². The summed E-state index contributed by atoms with van der Waals surface area (Å²) in [5, 5.41) is 16.9. The zero-order valence-electron chi connectivity index (χ0n) is 13.4. The molecule has 2 aromatic rings. The van der Waals surface area contributed by atoms with Crippen LogP contribution in [0.2, 0.25) is 5.02 Å². The Labute approximate surface area is 145 Å². The molecule has 1 aromatic heterocycles. The van der Waals surface area contributed by atoms with Gasteiger partial charge in [0.2, 0.25) is 5.91 Å². The van der Waals surface area contributed by atoms with Crippen LogP contribution in [-0.4, -0.2) is 22.3 Å². The molecule has 0 radical (unpaired) electrons. The summed E-state index contributed by atoms with van der Waals surface area (Å²) in [6.45, 7) is 4.37. The Balaban J connectivity index is 1.87. The van der Waals surface area contributed by atoms with E-state index in [-0.39, 0.29) is 23.7 Å². The highest BCUT2D eigenvalue weighted by Gasteiger charge is 2.29. The van der Waals surface area contributed by atoms with Crippen LogP contribution in [0.4, 0.5) is 5.82 Å². The molecule has 1 atom stereocenters. The summed E-state index contributed by atoms with van der Waals surface area (Å²) in [6.07, 6.45) is 2.18. The van der Waals surface area contributed by atoms with Gasteiger partial charge in [-0.25, -0.2) is 0 Å². The minimum Gasteiger partial charge on any atom is -0.493 e. The topological polar surface area (TPSA) is 79.9 Å². The molecule has 3 rings (SSSR count). The van der Waals surface area contributed by atoms with Crippen molar-refractivity contribution in [2.45, 2.75) is 32.2 Å². The van der Waals surface area contributed by atoms with E-state index in [0.29, 0.717) is 29.4 Å². The highest BCUT2D eigenvalue weighted by atomic mass is 35.5. The number of nitriles is 1. The first-order valence-corrected chi connectivity index (χ1v) is 8.09. The van der Waals surface area contributed by atoms with Crippen molar-refractivity contribution < 1.29 is 9.53 Å². The fraction of sp³-hybridized carbons (Fsp3) is 0.353. The van der Waals surface area contributed by atoms with Gasteiger partial charge in [0.25, 0.3) is 0 Å². The molecule has 0 bridgehead atoms. The first kappa shape index (κ1) is 16.3. The first-order chi connectivity index (χ1) is 11.5. The van der Waals surface area contributed by atoms with Crippen LogP contribution in [0.1, 0.15) is 43.4 Å². The molecule has 0 saturated carbocycles. The molecule has 124 valence electrons. The number of nitrogens with one attached hydrogen (secondary N) is 1. The average Bonchev–Trinajstić information content (AvgIpc) is 2.97. The van der Waals surface area contributed by atoms with E-state index in [1.807, 2.05) is 13.8 Å².